The molecule has 0 atom stereocenters. The van der Waals surface area contributed by atoms with E-state index in [1.807, 2.05) is 0 Å². The molecular weight excluding hydrogens is 250 g/mol. The van der Waals surface area contributed by atoms with Crippen molar-refractivity contribution in [3.63, 3.8) is 0 Å². The third-order valence-electron chi connectivity index (χ3n) is 2.63. The number of carboxylic acid groups (broad SMARTS) is 2. The molecule has 2 aromatic carbocycles. The number of aromatic carboxylic acids is 2. The number of carboxylic acids is 2. The SMILES string of the molecule is O=C=Nc1c(C(=O)O)ccc2cc(C(=O)O)ccc12. The minimum atomic E-state index is -1.22. The second-order valence-electron chi connectivity index (χ2n) is 3.71. The average molecular weight is 257 g/mol. The maximum atomic E-state index is 11.0. The molecule has 0 bridgehead atoms. The lowest BCUT2D eigenvalue weighted by Crippen LogP contribution is -1.98. The van der Waals surface area contributed by atoms with Gasteiger partial charge in [0, 0.05) is 5.39 Å². The molecule has 6 nitrogen and oxygen atoms in total. The summed E-state index contributed by atoms with van der Waals surface area (Å²) in [6.45, 7) is 0. The first-order valence-electron chi connectivity index (χ1n) is 5.16. The molecule has 94 valence electrons. The minimum absolute atomic E-state index is 0.0306. The van der Waals surface area contributed by atoms with Crippen LogP contribution in [0.25, 0.3) is 10.8 Å². The predicted molar refractivity (Wildman–Crippen MR) is 65.6 cm³/mol. The van der Waals surface area contributed by atoms with E-state index in [1.165, 1.54) is 36.4 Å². The van der Waals surface area contributed by atoms with Crippen LogP contribution in [0.2, 0.25) is 0 Å². The molecule has 0 amide bonds. The van der Waals surface area contributed by atoms with Crippen LogP contribution in [0.4, 0.5) is 5.69 Å². The molecule has 6 heteroatoms. The molecule has 0 aliphatic carbocycles. The van der Waals surface area contributed by atoms with Gasteiger partial charge in [-0.25, -0.2) is 14.4 Å². The number of isocyanates is 1. The highest BCUT2D eigenvalue weighted by Gasteiger charge is 2.14. The van der Waals surface area contributed by atoms with Gasteiger partial charge in [0.2, 0.25) is 6.08 Å². The molecule has 2 N–H and O–H groups in total. The molecule has 0 fully saturated rings. The van der Waals surface area contributed by atoms with Crippen molar-refractivity contribution >= 4 is 34.5 Å². The molecule has 0 aliphatic heterocycles. The Morgan fingerprint density at radius 1 is 1.05 bits per heavy atom. The number of carbonyl (C=O) groups excluding carboxylic acids is 1. The Labute approximate surface area is 106 Å². The summed E-state index contributed by atoms with van der Waals surface area (Å²) >= 11 is 0. The van der Waals surface area contributed by atoms with Gasteiger partial charge in [-0.1, -0.05) is 12.1 Å². The summed E-state index contributed by atoms with van der Waals surface area (Å²) in [6, 6.07) is 6.86. The summed E-state index contributed by atoms with van der Waals surface area (Å²) in [5.74, 6) is -2.32. The van der Waals surface area contributed by atoms with Crippen molar-refractivity contribution < 1.29 is 24.6 Å². The second kappa shape index (κ2) is 4.72. The Bertz CT molecular complexity index is 744. The molecule has 0 spiro atoms. The highest BCUT2D eigenvalue weighted by molar-refractivity contribution is 6.06. The Morgan fingerprint density at radius 3 is 2.37 bits per heavy atom. The van der Waals surface area contributed by atoms with Gasteiger partial charge in [0.15, 0.2) is 0 Å². The molecule has 0 heterocycles. The lowest BCUT2D eigenvalue weighted by atomic mass is 10.0. The van der Waals surface area contributed by atoms with E-state index in [2.05, 4.69) is 4.99 Å². The topological polar surface area (TPSA) is 104 Å². The average Bonchev–Trinajstić information content (AvgIpc) is 2.38. The van der Waals surface area contributed by atoms with E-state index in [0.29, 0.717) is 10.8 Å². The van der Waals surface area contributed by atoms with Gasteiger partial charge in [0.05, 0.1) is 16.8 Å². The van der Waals surface area contributed by atoms with Crippen LogP contribution >= 0.6 is 0 Å². The Kier molecular flexibility index (Phi) is 3.10. The number of fused-ring (bicyclic) bond motifs is 1. The maximum absolute atomic E-state index is 11.0. The molecule has 2 aromatic rings. The fourth-order valence-electron chi connectivity index (χ4n) is 1.79. The van der Waals surface area contributed by atoms with Gasteiger partial charge in [-0.3, -0.25) is 0 Å². The monoisotopic (exact) mass is 257 g/mol. The summed E-state index contributed by atoms with van der Waals surface area (Å²) in [6.07, 6.45) is 1.30. The fraction of sp³-hybridized carbons (Fsp3) is 0. The van der Waals surface area contributed by atoms with Crippen LogP contribution in [0, 0.1) is 0 Å². The van der Waals surface area contributed by atoms with Crippen molar-refractivity contribution in [2.24, 2.45) is 4.99 Å². The molecule has 19 heavy (non-hydrogen) atoms. The van der Waals surface area contributed by atoms with Crippen molar-refractivity contribution in [1.29, 1.82) is 0 Å². The van der Waals surface area contributed by atoms with Gasteiger partial charge in [-0.2, -0.15) is 4.99 Å². The van der Waals surface area contributed by atoms with Crippen LogP contribution in [0.1, 0.15) is 20.7 Å². The smallest absolute Gasteiger partial charge is 0.337 e. The number of benzene rings is 2. The first kappa shape index (κ1) is 12.5. The van der Waals surface area contributed by atoms with Crippen molar-refractivity contribution in [3.05, 3.63) is 41.5 Å². The van der Waals surface area contributed by atoms with Gasteiger partial charge in [-0.15, -0.1) is 0 Å². The quantitative estimate of drug-likeness (QED) is 0.647. The zero-order valence-corrected chi connectivity index (χ0v) is 9.45. The van der Waals surface area contributed by atoms with Gasteiger partial charge >= 0.3 is 11.9 Å². The third kappa shape index (κ3) is 2.20. The van der Waals surface area contributed by atoms with E-state index in [9.17, 15) is 14.4 Å². The van der Waals surface area contributed by atoms with E-state index in [0.717, 1.165) is 0 Å². The van der Waals surface area contributed by atoms with Gasteiger partial charge in [-0.05, 0) is 23.6 Å². The Morgan fingerprint density at radius 2 is 1.79 bits per heavy atom. The standard InChI is InChI=1S/C13H7NO5/c15-6-14-11-9-3-2-8(12(16)17)5-7(9)1-4-10(11)13(18)19/h1-5H,(H,16,17)(H,18,19). The van der Waals surface area contributed by atoms with E-state index in [4.69, 9.17) is 10.2 Å². The van der Waals surface area contributed by atoms with E-state index >= 15 is 0 Å². The van der Waals surface area contributed by atoms with Crippen molar-refractivity contribution in [2.75, 3.05) is 0 Å². The third-order valence-corrected chi connectivity index (χ3v) is 2.63. The molecule has 0 saturated heterocycles. The largest absolute Gasteiger partial charge is 0.478 e. The van der Waals surface area contributed by atoms with Gasteiger partial charge < -0.3 is 10.2 Å². The fourth-order valence-corrected chi connectivity index (χ4v) is 1.79. The van der Waals surface area contributed by atoms with E-state index in [1.54, 1.807) is 0 Å². The van der Waals surface area contributed by atoms with Gasteiger partial charge in [0.25, 0.3) is 0 Å². The summed E-state index contributed by atoms with van der Waals surface area (Å²) in [4.78, 5) is 35.7. The molecule has 2 rings (SSSR count). The molecule has 0 aromatic heterocycles. The van der Waals surface area contributed by atoms with Crippen LogP contribution in [-0.2, 0) is 4.79 Å². The number of hydrogen-bond donors (Lipinski definition) is 2. The van der Waals surface area contributed by atoms with Gasteiger partial charge in [0.1, 0.15) is 0 Å². The number of nitrogens with zero attached hydrogens (tertiary/aromatic N) is 1. The van der Waals surface area contributed by atoms with Crippen molar-refractivity contribution in [2.45, 2.75) is 0 Å². The number of hydrogen-bond acceptors (Lipinski definition) is 4. The predicted octanol–water partition coefficient (Wildman–Crippen LogP) is 2.20. The lowest BCUT2D eigenvalue weighted by molar-refractivity contribution is 0.0686. The summed E-state index contributed by atoms with van der Waals surface area (Å²) in [5, 5.41) is 18.8. The van der Waals surface area contributed by atoms with Crippen LogP contribution in [0.3, 0.4) is 0 Å². The number of aliphatic imine (C=N–C) groups is 1. The number of carbonyl (C=O) groups is 2. The Hall–Kier alpha value is -2.98. The van der Waals surface area contributed by atoms with Crippen LogP contribution in [0.5, 0.6) is 0 Å². The summed E-state index contributed by atoms with van der Waals surface area (Å²) < 4.78 is 0. The normalized spacial score (nSPS) is 9.89. The molecular formula is C13H7NO5. The minimum Gasteiger partial charge on any atom is -0.478 e. The zero-order chi connectivity index (χ0) is 14.0. The zero-order valence-electron chi connectivity index (χ0n) is 9.45. The summed E-state index contributed by atoms with van der Waals surface area (Å²) in [5.41, 5.74) is -0.104. The van der Waals surface area contributed by atoms with Crippen LogP contribution < -0.4 is 0 Å². The first-order valence-corrected chi connectivity index (χ1v) is 5.16. The second-order valence-corrected chi connectivity index (χ2v) is 3.71. The lowest BCUT2D eigenvalue weighted by Gasteiger charge is -2.05. The van der Waals surface area contributed by atoms with Crippen molar-refractivity contribution in [3.8, 4) is 0 Å². The highest BCUT2D eigenvalue weighted by Crippen LogP contribution is 2.30. The molecule has 0 unspecified atom stereocenters. The van der Waals surface area contributed by atoms with Crippen LogP contribution in [-0.4, -0.2) is 28.2 Å². The first-order chi connectivity index (χ1) is 9.04. The van der Waals surface area contributed by atoms with E-state index in [-0.39, 0.29) is 16.8 Å². The Balaban J connectivity index is 2.83. The summed E-state index contributed by atoms with van der Waals surface area (Å²) in [7, 11) is 0. The van der Waals surface area contributed by atoms with E-state index < -0.39 is 11.9 Å². The molecule has 0 radical (unpaired) electrons. The highest BCUT2D eigenvalue weighted by atomic mass is 16.4. The molecule has 0 aliphatic rings. The van der Waals surface area contributed by atoms with Crippen LogP contribution in [0.15, 0.2) is 35.3 Å². The number of rotatable bonds is 3. The molecule has 0 saturated carbocycles. The maximum Gasteiger partial charge on any atom is 0.337 e. The van der Waals surface area contributed by atoms with Crippen molar-refractivity contribution in [1.82, 2.24) is 0 Å².